The van der Waals surface area contributed by atoms with Crippen molar-refractivity contribution in [1.82, 2.24) is 14.8 Å². The molecule has 0 saturated heterocycles. The van der Waals surface area contributed by atoms with E-state index in [1.165, 1.54) is 14.2 Å². The van der Waals surface area contributed by atoms with E-state index in [1.54, 1.807) is 9.80 Å². The smallest absolute Gasteiger partial charge is 0.573 e. The van der Waals surface area contributed by atoms with E-state index in [-0.39, 0.29) is 66.3 Å². The average Bonchev–Trinajstić information content (AvgIpc) is 2.59. The topological polar surface area (TPSA) is 90.4 Å². The van der Waals surface area contributed by atoms with Crippen LogP contribution in [-0.4, -0.2) is 65.4 Å². The summed E-state index contributed by atoms with van der Waals surface area (Å²) in [5.41, 5.74) is 0. The molecular formula is C21H34LiN3O6. The molecule has 2 amide bonds. The molecule has 0 aromatic carbocycles. The number of carbonyl (C=O) groups is 2. The quantitative estimate of drug-likeness (QED) is 0.450. The first-order valence-electron chi connectivity index (χ1n) is 10.00. The summed E-state index contributed by atoms with van der Waals surface area (Å²) in [7, 11) is 2.77. The first kappa shape index (κ1) is 28.9. The first-order valence-corrected chi connectivity index (χ1v) is 10.00. The second kappa shape index (κ2) is 12.7. The van der Waals surface area contributed by atoms with Gasteiger partial charge in [-0.15, -0.1) is 6.07 Å². The molecule has 0 aliphatic carbocycles. The van der Waals surface area contributed by atoms with Gasteiger partial charge in [0, 0.05) is 29.9 Å². The molecule has 0 aliphatic heterocycles. The number of carbonyl (C=O) groups excluding carboxylic acids is 2. The van der Waals surface area contributed by atoms with E-state index in [0.717, 1.165) is 0 Å². The van der Waals surface area contributed by atoms with Gasteiger partial charge >= 0.3 is 31.0 Å². The minimum absolute atomic E-state index is 0. The van der Waals surface area contributed by atoms with Gasteiger partial charge in [-0.25, -0.2) is 14.6 Å². The second-order valence-corrected chi connectivity index (χ2v) is 7.84. The molecule has 170 valence electrons. The van der Waals surface area contributed by atoms with E-state index < -0.39 is 12.2 Å². The molecular weight excluding hydrogens is 397 g/mol. The van der Waals surface area contributed by atoms with Crippen LogP contribution in [0.1, 0.15) is 55.4 Å². The zero-order valence-electron chi connectivity index (χ0n) is 20.6. The zero-order valence-corrected chi connectivity index (χ0v) is 20.6. The van der Waals surface area contributed by atoms with Crippen LogP contribution in [0.3, 0.4) is 0 Å². The third-order valence-electron chi connectivity index (χ3n) is 4.24. The van der Waals surface area contributed by atoms with Gasteiger partial charge in [0.05, 0.1) is 20.0 Å². The van der Waals surface area contributed by atoms with E-state index in [2.05, 4.69) is 11.1 Å². The van der Waals surface area contributed by atoms with Crippen LogP contribution in [0, 0.1) is 6.07 Å². The molecule has 10 heteroatoms. The Hall–Kier alpha value is -2.11. The fraction of sp³-hybridized carbons (Fsp3) is 0.667. The molecule has 0 radical (unpaired) electrons. The Bertz CT molecular complexity index is 724. The summed E-state index contributed by atoms with van der Waals surface area (Å²) in [6, 6.07) is 2.37. The van der Waals surface area contributed by atoms with Gasteiger partial charge in [0.1, 0.15) is 5.88 Å². The summed E-state index contributed by atoms with van der Waals surface area (Å²) >= 11 is 0. The molecule has 0 spiro atoms. The number of rotatable bonds is 8. The Balaban J connectivity index is 0.00000900. The number of hydrogen-bond acceptors (Lipinski definition) is 7. The number of nitrogens with zero attached hydrogens (tertiary/aromatic N) is 3. The molecule has 0 aliphatic rings. The maximum absolute atomic E-state index is 12.7. The monoisotopic (exact) mass is 431 g/mol. The van der Waals surface area contributed by atoms with Crippen LogP contribution < -0.4 is 37.8 Å². The van der Waals surface area contributed by atoms with Crippen molar-refractivity contribution in [2.24, 2.45) is 0 Å². The van der Waals surface area contributed by atoms with E-state index >= 15 is 0 Å². The standard InChI is InChI=1S/C21H34N3O6.Li/c1-12(2)23(13(3)4)20(25)29-16-11-17(22-19(28-10)18(16)27-9)30-21(26)24(14(5)6)15(7)8;/h12-15H,1-10H3;/q-1;+1. The Morgan fingerprint density at radius 3 is 1.55 bits per heavy atom. The Morgan fingerprint density at radius 2 is 1.19 bits per heavy atom. The average molecular weight is 431 g/mol. The van der Waals surface area contributed by atoms with Gasteiger partial charge in [0.15, 0.2) is 5.88 Å². The van der Waals surface area contributed by atoms with Crippen molar-refractivity contribution in [2.45, 2.75) is 79.6 Å². The maximum atomic E-state index is 12.7. The van der Waals surface area contributed by atoms with Crippen LogP contribution in [-0.2, 0) is 0 Å². The summed E-state index contributed by atoms with van der Waals surface area (Å²) in [5, 5.41) is 0. The van der Waals surface area contributed by atoms with Gasteiger partial charge in [0.25, 0.3) is 0 Å². The third-order valence-corrected chi connectivity index (χ3v) is 4.24. The first-order chi connectivity index (χ1) is 13.9. The van der Waals surface area contributed by atoms with Crippen LogP contribution in [0.5, 0.6) is 23.3 Å². The number of amides is 2. The molecule has 1 aromatic heterocycles. The second-order valence-electron chi connectivity index (χ2n) is 7.84. The normalized spacial score (nSPS) is 10.8. The van der Waals surface area contributed by atoms with Crippen LogP contribution >= 0.6 is 0 Å². The van der Waals surface area contributed by atoms with E-state index in [1.807, 2.05) is 55.4 Å². The van der Waals surface area contributed by atoms with Gasteiger partial charge in [-0.1, -0.05) is 0 Å². The molecule has 0 N–H and O–H groups in total. The van der Waals surface area contributed by atoms with Crippen molar-refractivity contribution < 1.29 is 47.4 Å². The van der Waals surface area contributed by atoms with Crippen molar-refractivity contribution >= 4 is 12.2 Å². The zero-order chi connectivity index (χ0) is 23.2. The molecule has 0 bridgehead atoms. The molecule has 1 rings (SSSR count). The van der Waals surface area contributed by atoms with Gasteiger partial charge in [-0.3, -0.25) is 0 Å². The number of methoxy groups -OCH3 is 2. The van der Waals surface area contributed by atoms with E-state index in [0.29, 0.717) is 0 Å². The van der Waals surface area contributed by atoms with Crippen LogP contribution in [0.4, 0.5) is 9.59 Å². The minimum atomic E-state index is -0.598. The number of pyridine rings is 1. The predicted octanol–water partition coefficient (Wildman–Crippen LogP) is 1.14. The van der Waals surface area contributed by atoms with Gasteiger partial charge in [-0.05, 0) is 55.4 Å². The van der Waals surface area contributed by atoms with Crippen molar-refractivity contribution in [3.63, 3.8) is 0 Å². The largest absolute Gasteiger partial charge is 1.00 e. The Labute approximate surface area is 197 Å². The van der Waals surface area contributed by atoms with Crippen molar-refractivity contribution in [1.29, 1.82) is 0 Å². The molecule has 0 atom stereocenters. The summed E-state index contributed by atoms with van der Waals surface area (Å²) in [6.45, 7) is 15.1. The number of ether oxygens (including phenoxy) is 4. The summed E-state index contributed by atoms with van der Waals surface area (Å²) in [5.74, 6) is -0.192. The molecule has 0 unspecified atom stereocenters. The fourth-order valence-corrected chi connectivity index (χ4v) is 3.17. The molecule has 9 nitrogen and oxygen atoms in total. The van der Waals surface area contributed by atoms with Crippen molar-refractivity contribution in [2.75, 3.05) is 14.2 Å². The molecule has 1 heterocycles. The fourth-order valence-electron chi connectivity index (χ4n) is 3.17. The molecule has 0 saturated carbocycles. The van der Waals surface area contributed by atoms with E-state index in [4.69, 9.17) is 18.9 Å². The van der Waals surface area contributed by atoms with Crippen molar-refractivity contribution in [3.8, 4) is 23.3 Å². The number of aromatic nitrogens is 1. The summed E-state index contributed by atoms with van der Waals surface area (Å²) < 4.78 is 21.4. The van der Waals surface area contributed by atoms with Crippen molar-refractivity contribution in [3.05, 3.63) is 6.07 Å². The summed E-state index contributed by atoms with van der Waals surface area (Å²) in [6.07, 6.45) is -1.19. The number of hydrogen-bond donors (Lipinski definition) is 0. The third kappa shape index (κ3) is 7.51. The maximum Gasteiger partial charge on any atom is 1.00 e. The minimum Gasteiger partial charge on any atom is -0.573 e. The van der Waals surface area contributed by atoms with Crippen LogP contribution in [0.25, 0.3) is 0 Å². The van der Waals surface area contributed by atoms with Crippen LogP contribution in [0.15, 0.2) is 0 Å². The van der Waals surface area contributed by atoms with Gasteiger partial charge in [-0.2, -0.15) is 0 Å². The Kier molecular flexibility index (Phi) is 11.8. The molecule has 0 fully saturated rings. The molecule has 1 aromatic rings. The summed E-state index contributed by atoms with van der Waals surface area (Å²) in [4.78, 5) is 32.6. The Morgan fingerprint density at radius 1 is 0.774 bits per heavy atom. The van der Waals surface area contributed by atoms with Gasteiger partial charge in [0.2, 0.25) is 0 Å². The predicted molar refractivity (Wildman–Crippen MR) is 112 cm³/mol. The van der Waals surface area contributed by atoms with Crippen LogP contribution in [0.2, 0.25) is 0 Å². The molecule has 31 heavy (non-hydrogen) atoms. The van der Waals surface area contributed by atoms with E-state index in [9.17, 15) is 9.59 Å². The van der Waals surface area contributed by atoms with Gasteiger partial charge < -0.3 is 28.7 Å². The SMILES string of the molecule is COc1nc(OC(=O)N(C(C)C)C(C)C)[c-]c(OC(=O)N(C(C)C)C(C)C)c1OC.[Li+].